The van der Waals surface area contributed by atoms with Crippen molar-refractivity contribution in [2.75, 3.05) is 0 Å². The maximum absolute atomic E-state index is 8.99. The third-order valence-electron chi connectivity index (χ3n) is 3.64. The molecular weight excluding hydrogens is 222 g/mol. The Labute approximate surface area is 111 Å². The molecule has 1 atom stereocenters. The highest BCUT2D eigenvalue weighted by Crippen LogP contribution is 2.13. The highest BCUT2D eigenvalue weighted by atomic mass is 15.0. The van der Waals surface area contributed by atoms with Gasteiger partial charge in [0.1, 0.15) is 11.8 Å². The van der Waals surface area contributed by atoms with E-state index in [2.05, 4.69) is 32.2 Å². The zero-order valence-electron chi connectivity index (χ0n) is 12.1. The van der Waals surface area contributed by atoms with Crippen molar-refractivity contribution >= 4 is 0 Å². The molecule has 0 fully saturated rings. The number of aromatic nitrogens is 1. The van der Waals surface area contributed by atoms with Gasteiger partial charge in [0.15, 0.2) is 0 Å². The Morgan fingerprint density at radius 2 is 2.17 bits per heavy atom. The monoisotopic (exact) mass is 247 g/mol. The molecule has 0 amide bonds. The van der Waals surface area contributed by atoms with Crippen LogP contribution in [0.2, 0.25) is 0 Å². The summed E-state index contributed by atoms with van der Waals surface area (Å²) >= 11 is 0. The molecule has 0 radical (unpaired) electrons. The van der Waals surface area contributed by atoms with E-state index in [0.717, 1.165) is 12.2 Å². The van der Waals surface area contributed by atoms with E-state index in [4.69, 9.17) is 5.26 Å². The van der Waals surface area contributed by atoms with E-state index in [1.54, 1.807) is 0 Å². The molecule has 0 aromatic carbocycles. The second-order valence-electron chi connectivity index (χ2n) is 5.09. The molecule has 1 N–H and O–H groups in total. The second kappa shape index (κ2) is 7.23. The lowest BCUT2D eigenvalue weighted by Crippen LogP contribution is -2.25. The molecule has 0 saturated heterocycles. The van der Waals surface area contributed by atoms with Gasteiger partial charge in [-0.05, 0) is 31.9 Å². The molecule has 0 bridgehead atoms. The van der Waals surface area contributed by atoms with E-state index in [1.807, 2.05) is 17.7 Å². The Balaban J connectivity index is 2.46. The first-order valence-electron chi connectivity index (χ1n) is 6.88. The molecule has 100 valence electrons. The van der Waals surface area contributed by atoms with Crippen molar-refractivity contribution in [2.24, 2.45) is 7.05 Å². The van der Waals surface area contributed by atoms with Gasteiger partial charge < -0.3 is 9.88 Å². The van der Waals surface area contributed by atoms with Crippen LogP contribution in [0.3, 0.4) is 0 Å². The number of nitriles is 1. The summed E-state index contributed by atoms with van der Waals surface area (Å²) in [5, 5.41) is 12.5. The van der Waals surface area contributed by atoms with Crippen LogP contribution < -0.4 is 5.32 Å². The van der Waals surface area contributed by atoms with Crippen molar-refractivity contribution in [2.45, 2.75) is 59.0 Å². The zero-order valence-corrected chi connectivity index (χ0v) is 12.1. The van der Waals surface area contributed by atoms with Crippen molar-refractivity contribution < 1.29 is 0 Å². The summed E-state index contributed by atoms with van der Waals surface area (Å²) in [6, 6.07) is 4.75. The first kappa shape index (κ1) is 14.8. The molecule has 18 heavy (non-hydrogen) atoms. The van der Waals surface area contributed by atoms with E-state index >= 15 is 0 Å². The largest absolute Gasteiger partial charge is 0.340 e. The van der Waals surface area contributed by atoms with Crippen LogP contribution in [0.25, 0.3) is 0 Å². The Morgan fingerprint density at radius 3 is 2.72 bits per heavy atom. The molecule has 0 aliphatic rings. The smallest absolute Gasteiger partial charge is 0.120 e. The van der Waals surface area contributed by atoms with Gasteiger partial charge in [0.25, 0.3) is 0 Å². The van der Waals surface area contributed by atoms with Crippen molar-refractivity contribution in [1.29, 1.82) is 5.26 Å². The van der Waals surface area contributed by atoms with Crippen LogP contribution in [0.5, 0.6) is 0 Å². The van der Waals surface area contributed by atoms with Crippen LogP contribution in [0, 0.1) is 18.3 Å². The van der Waals surface area contributed by atoms with Gasteiger partial charge in [-0.15, -0.1) is 0 Å². The molecule has 1 aromatic heterocycles. The Hall–Kier alpha value is -1.27. The molecule has 0 aliphatic heterocycles. The average Bonchev–Trinajstić information content (AvgIpc) is 2.64. The number of rotatable bonds is 7. The topological polar surface area (TPSA) is 40.8 Å². The number of nitrogens with zero attached hydrogens (tertiary/aromatic N) is 2. The lowest BCUT2D eigenvalue weighted by Gasteiger charge is -2.13. The van der Waals surface area contributed by atoms with Gasteiger partial charge in [0, 0.05) is 25.3 Å². The molecule has 0 aliphatic carbocycles. The zero-order chi connectivity index (χ0) is 13.5. The maximum Gasteiger partial charge on any atom is 0.120 e. The minimum atomic E-state index is 0.543. The second-order valence-corrected chi connectivity index (χ2v) is 5.09. The fourth-order valence-electron chi connectivity index (χ4n) is 2.14. The van der Waals surface area contributed by atoms with Gasteiger partial charge >= 0.3 is 0 Å². The predicted octanol–water partition coefficient (Wildman–Crippen LogP) is 3.26. The van der Waals surface area contributed by atoms with Crippen LogP contribution in [0.15, 0.2) is 6.07 Å². The highest BCUT2D eigenvalue weighted by Gasteiger charge is 2.09. The summed E-state index contributed by atoms with van der Waals surface area (Å²) in [5.74, 6) is 0. The van der Waals surface area contributed by atoms with Gasteiger partial charge in [-0.2, -0.15) is 5.26 Å². The normalized spacial score (nSPS) is 12.4. The molecule has 3 nitrogen and oxygen atoms in total. The summed E-state index contributed by atoms with van der Waals surface area (Å²) in [4.78, 5) is 0. The third-order valence-corrected chi connectivity index (χ3v) is 3.64. The van der Waals surface area contributed by atoms with Crippen molar-refractivity contribution in [3.8, 4) is 6.07 Å². The number of nitrogens with one attached hydrogen (secondary N) is 1. The summed E-state index contributed by atoms with van der Waals surface area (Å²) in [7, 11) is 1.95. The summed E-state index contributed by atoms with van der Waals surface area (Å²) in [6.45, 7) is 7.39. The van der Waals surface area contributed by atoms with Gasteiger partial charge in [0.05, 0.1) is 0 Å². The van der Waals surface area contributed by atoms with E-state index in [1.165, 1.54) is 36.9 Å². The van der Waals surface area contributed by atoms with Crippen LogP contribution in [0.4, 0.5) is 0 Å². The number of hydrogen-bond donors (Lipinski definition) is 1. The third kappa shape index (κ3) is 3.89. The molecule has 0 saturated carbocycles. The molecular formula is C15H25N3. The van der Waals surface area contributed by atoms with E-state index in [-0.39, 0.29) is 0 Å². The molecule has 1 unspecified atom stereocenters. The summed E-state index contributed by atoms with van der Waals surface area (Å²) in [6.07, 6.45) is 5.11. The Morgan fingerprint density at radius 1 is 1.44 bits per heavy atom. The predicted molar refractivity (Wildman–Crippen MR) is 75.3 cm³/mol. The number of hydrogen-bond acceptors (Lipinski definition) is 2. The lowest BCUT2D eigenvalue weighted by atomic mass is 10.1. The van der Waals surface area contributed by atoms with Crippen molar-refractivity contribution in [3.05, 3.63) is 23.0 Å². The van der Waals surface area contributed by atoms with Crippen molar-refractivity contribution in [3.63, 3.8) is 0 Å². The summed E-state index contributed by atoms with van der Waals surface area (Å²) < 4.78 is 1.96. The van der Waals surface area contributed by atoms with Crippen LogP contribution in [0.1, 0.15) is 56.5 Å². The minimum absolute atomic E-state index is 0.543. The molecule has 3 heteroatoms. The van der Waals surface area contributed by atoms with E-state index in [9.17, 15) is 0 Å². The first-order chi connectivity index (χ1) is 8.60. The van der Waals surface area contributed by atoms with E-state index in [0.29, 0.717) is 6.04 Å². The van der Waals surface area contributed by atoms with Crippen LogP contribution >= 0.6 is 0 Å². The maximum atomic E-state index is 8.99. The minimum Gasteiger partial charge on any atom is -0.340 e. The van der Waals surface area contributed by atoms with Crippen LogP contribution in [-0.2, 0) is 13.6 Å². The SMILES string of the molecule is CCCCCC(C)NCc1cc(C#N)n(C)c1C. The molecule has 1 rings (SSSR count). The average molecular weight is 247 g/mol. The Bertz CT molecular complexity index is 412. The summed E-state index contributed by atoms with van der Waals surface area (Å²) in [5.41, 5.74) is 3.15. The van der Waals surface area contributed by atoms with Gasteiger partial charge in [-0.25, -0.2) is 0 Å². The standard InChI is InChI=1S/C15H25N3/c1-5-6-7-8-12(2)17-11-14-9-15(10-16)18(4)13(14)3/h9,12,17H,5-8,11H2,1-4H3. The number of unbranched alkanes of at least 4 members (excludes halogenated alkanes) is 2. The fraction of sp³-hybridized carbons (Fsp3) is 0.667. The molecule has 0 spiro atoms. The van der Waals surface area contributed by atoms with Gasteiger partial charge in [-0.1, -0.05) is 26.2 Å². The fourth-order valence-corrected chi connectivity index (χ4v) is 2.14. The van der Waals surface area contributed by atoms with E-state index < -0.39 is 0 Å². The molecule has 1 heterocycles. The van der Waals surface area contributed by atoms with Gasteiger partial charge in [0.2, 0.25) is 0 Å². The first-order valence-corrected chi connectivity index (χ1v) is 6.88. The lowest BCUT2D eigenvalue weighted by molar-refractivity contribution is 0.486. The van der Waals surface area contributed by atoms with Gasteiger partial charge in [-0.3, -0.25) is 0 Å². The Kier molecular flexibility index (Phi) is 5.94. The van der Waals surface area contributed by atoms with Crippen LogP contribution in [-0.4, -0.2) is 10.6 Å². The van der Waals surface area contributed by atoms with Crippen molar-refractivity contribution in [1.82, 2.24) is 9.88 Å². The highest BCUT2D eigenvalue weighted by molar-refractivity contribution is 5.34. The molecule has 1 aromatic rings. The quantitative estimate of drug-likeness (QED) is 0.751.